The van der Waals surface area contributed by atoms with E-state index in [9.17, 15) is 18.0 Å². The first-order chi connectivity index (χ1) is 17.8. The van der Waals surface area contributed by atoms with Crippen molar-refractivity contribution in [3.05, 3.63) is 107 Å². The van der Waals surface area contributed by atoms with Crippen LogP contribution in [0.3, 0.4) is 0 Å². The van der Waals surface area contributed by atoms with Gasteiger partial charge in [0.15, 0.2) is 11.8 Å². The average Bonchev–Trinajstić information content (AvgIpc) is 3.33. The third-order valence-electron chi connectivity index (χ3n) is 6.35. The van der Waals surface area contributed by atoms with Gasteiger partial charge in [-0.1, -0.05) is 54.1 Å². The van der Waals surface area contributed by atoms with Crippen molar-refractivity contribution in [3.8, 4) is 11.5 Å². The molecule has 37 heavy (non-hydrogen) atoms. The van der Waals surface area contributed by atoms with Gasteiger partial charge in [-0.3, -0.25) is 4.79 Å². The number of aryl methyl sites for hydroxylation is 1. The maximum atomic E-state index is 13.9. The maximum Gasteiger partial charge on any atom is 0.410 e. The highest BCUT2D eigenvalue weighted by molar-refractivity contribution is 6.30. The lowest BCUT2D eigenvalue weighted by atomic mass is 9.96. The van der Waals surface area contributed by atoms with E-state index >= 15 is 0 Å². The van der Waals surface area contributed by atoms with E-state index in [1.165, 1.54) is 6.20 Å². The van der Waals surface area contributed by atoms with Gasteiger partial charge < -0.3 is 10.1 Å². The number of nitrogens with zero attached hydrogens (tertiary/aromatic N) is 2. The van der Waals surface area contributed by atoms with E-state index in [0.717, 1.165) is 15.8 Å². The van der Waals surface area contributed by atoms with Crippen molar-refractivity contribution in [2.45, 2.75) is 37.5 Å². The minimum absolute atomic E-state index is 0.110. The van der Waals surface area contributed by atoms with E-state index in [-0.39, 0.29) is 30.0 Å². The second-order valence-corrected chi connectivity index (χ2v) is 9.31. The maximum absolute atomic E-state index is 13.9. The minimum Gasteiger partial charge on any atom is -0.457 e. The molecule has 1 aromatic heterocycles. The zero-order valence-electron chi connectivity index (χ0n) is 19.6. The number of benzene rings is 3. The molecule has 1 aliphatic heterocycles. The average molecular weight is 526 g/mol. The molecule has 2 unspecified atom stereocenters. The van der Waals surface area contributed by atoms with Gasteiger partial charge in [0.05, 0.1) is 17.8 Å². The monoisotopic (exact) mass is 525 g/mol. The fraction of sp³-hybridized carbons (Fsp3) is 0.214. The summed E-state index contributed by atoms with van der Waals surface area (Å²) in [6, 6.07) is 20.8. The van der Waals surface area contributed by atoms with Crippen LogP contribution in [0.25, 0.3) is 0 Å². The molecule has 0 saturated carbocycles. The zero-order chi connectivity index (χ0) is 26.0. The largest absolute Gasteiger partial charge is 0.457 e. The molecule has 4 aromatic rings. The zero-order valence-corrected chi connectivity index (χ0v) is 20.3. The molecule has 2 atom stereocenters. The second kappa shape index (κ2) is 10.3. The van der Waals surface area contributed by atoms with Gasteiger partial charge in [-0.2, -0.15) is 18.3 Å². The first kappa shape index (κ1) is 24.9. The van der Waals surface area contributed by atoms with Crippen molar-refractivity contribution in [2.24, 2.45) is 0 Å². The number of carbonyl (C=O) groups is 1. The fourth-order valence-electron chi connectivity index (χ4n) is 4.43. The summed E-state index contributed by atoms with van der Waals surface area (Å²) in [6.07, 6.45) is -2.91. The molecule has 2 heterocycles. The lowest BCUT2D eigenvalue weighted by Crippen LogP contribution is -2.36. The van der Waals surface area contributed by atoms with Gasteiger partial charge in [0.2, 0.25) is 0 Å². The molecule has 190 valence electrons. The molecule has 5 rings (SSSR count). The Kier molecular flexibility index (Phi) is 6.93. The fourth-order valence-corrected chi connectivity index (χ4v) is 4.55. The van der Waals surface area contributed by atoms with Gasteiger partial charge in [-0.15, -0.1) is 0 Å². The Balaban J connectivity index is 1.28. The van der Waals surface area contributed by atoms with Crippen LogP contribution in [0, 0.1) is 0 Å². The Hall–Kier alpha value is -3.78. The second-order valence-electron chi connectivity index (χ2n) is 8.88. The summed E-state index contributed by atoms with van der Waals surface area (Å²) >= 11 is 5.89. The van der Waals surface area contributed by atoms with E-state index in [4.69, 9.17) is 16.3 Å². The van der Waals surface area contributed by atoms with Crippen LogP contribution >= 0.6 is 11.6 Å². The van der Waals surface area contributed by atoms with Crippen LogP contribution in [-0.4, -0.2) is 21.7 Å². The molecule has 1 N–H and O–H groups in total. The molecular formula is C28H23ClF3N3O2. The Bertz CT molecular complexity index is 1370. The lowest BCUT2D eigenvalue weighted by Gasteiger charge is -2.34. The number of hydrogen-bond acceptors (Lipinski definition) is 4. The van der Waals surface area contributed by atoms with Crippen molar-refractivity contribution < 1.29 is 22.7 Å². The summed E-state index contributed by atoms with van der Waals surface area (Å²) in [5.41, 5.74) is 1.79. The van der Waals surface area contributed by atoms with Crippen LogP contribution < -0.4 is 10.1 Å². The molecule has 0 fully saturated rings. The molecule has 9 heteroatoms. The Morgan fingerprint density at radius 3 is 2.30 bits per heavy atom. The Morgan fingerprint density at radius 2 is 1.65 bits per heavy atom. The number of carbonyl (C=O) groups excluding carboxylic acids is 1. The number of Topliss-reactive ketones (excluding diaryl/α,β-unsaturated/α-hetero) is 1. The predicted molar refractivity (Wildman–Crippen MR) is 135 cm³/mol. The molecule has 0 spiro atoms. The highest BCUT2D eigenvalue weighted by Crippen LogP contribution is 2.44. The van der Waals surface area contributed by atoms with Crippen LogP contribution in [0.1, 0.15) is 46.4 Å². The highest BCUT2D eigenvalue weighted by Gasteiger charge is 2.47. The van der Waals surface area contributed by atoms with Gasteiger partial charge in [0.1, 0.15) is 17.3 Å². The number of alkyl halides is 3. The van der Waals surface area contributed by atoms with Gasteiger partial charge in [0, 0.05) is 17.9 Å². The van der Waals surface area contributed by atoms with Crippen LogP contribution in [-0.2, 0) is 6.42 Å². The van der Waals surface area contributed by atoms with Crippen LogP contribution in [0.2, 0.25) is 5.02 Å². The summed E-state index contributed by atoms with van der Waals surface area (Å²) in [5, 5.41) is 7.70. The standard InChI is InChI=1S/C28H23ClF3N3O2/c29-20-9-13-22(14-10-20)37-21-11-6-18(7-12-21)8-15-25(36)23-17-33-35-26(28(30,31)32)16-24(34-27(23)35)19-4-2-1-3-5-19/h1-7,9-14,17,24,26,34H,8,15-16H2. The number of ketones is 1. The lowest BCUT2D eigenvalue weighted by molar-refractivity contribution is -0.173. The molecule has 0 aliphatic carbocycles. The van der Waals surface area contributed by atoms with Crippen molar-refractivity contribution in [2.75, 3.05) is 5.32 Å². The normalized spacial score (nSPS) is 17.1. The Morgan fingerprint density at radius 1 is 1.00 bits per heavy atom. The SMILES string of the molecule is O=C(CCc1ccc(Oc2ccc(Cl)cc2)cc1)c1cnn2c1NC(c1ccccc1)CC2C(F)(F)F. The number of hydrogen-bond donors (Lipinski definition) is 1. The summed E-state index contributed by atoms with van der Waals surface area (Å²) in [5.74, 6) is 1.12. The molecule has 0 bridgehead atoms. The first-order valence-electron chi connectivity index (χ1n) is 11.8. The number of fused-ring (bicyclic) bond motifs is 1. The summed E-state index contributed by atoms with van der Waals surface area (Å²) < 4.78 is 48.3. The van der Waals surface area contributed by atoms with Gasteiger partial charge in [0.25, 0.3) is 0 Å². The minimum atomic E-state index is -4.49. The molecular weight excluding hydrogens is 503 g/mol. The molecule has 0 radical (unpaired) electrons. The van der Waals surface area contributed by atoms with Crippen molar-refractivity contribution in [3.63, 3.8) is 0 Å². The summed E-state index contributed by atoms with van der Waals surface area (Å²) in [7, 11) is 0. The number of nitrogens with one attached hydrogen (secondary N) is 1. The number of aromatic nitrogens is 2. The highest BCUT2D eigenvalue weighted by atomic mass is 35.5. The number of ether oxygens (including phenoxy) is 1. The molecule has 3 aromatic carbocycles. The Labute approximate surface area is 216 Å². The first-order valence-corrected chi connectivity index (χ1v) is 12.2. The smallest absolute Gasteiger partial charge is 0.410 e. The van der Waals surface area contributed by atoms with E-state index in [0.29, 0.717) is 22.9 Å². The van der Waals surface area contributed by atoms with Crippen molar-refractivity contribution >= 4 is 23.2 Å². The van der Waals surface area contributed by atoms with E-state index < -0.39 is 18.3 Å². The van der Waals surface area contributed by atoms with E-state index in [2.05, 4.69) is 10.4 Å². The molecule has 0 saturated heterocycles. The van der Waals surface area contributed by atoms with E-state index in [1.54, 1.807) is 60.7 Å². The van der Waals surface area contributed by atoms with Gasteiger partial charge in [-0.25, -0.2) is 4.68 Å². The number of rotatable bonds is 7. The topological polar surface area (TPSA) is 56.1 Å². The van der Waals surface area contributed by atoms with Crippen LogP contribution in [0.4, 0.5) is 19.0 Å². The third-order valence-corrected chi connectivity index (χ3v) is 6.61. The van der Waals surface area contributed by atoms with E-state index in [1.807, 2.05) is 18.2 Å². The van der Waals surface area contributed by atoms with Crippen molar-refractivity contribution in [1.29, 1.82) is 0 Å². The van der Waals surface area contributed by atoms with Gasteiger partial charge in [-0.05, 0) is 53.9 Å². The predicted octanol–water partition coefficient (Wildman–Crippen LogP) is 7.80. The van der Waals surface area contributed by atoms with Crippen LogP contribution in [0.15, 0.2) is 85.1 Å². The number of halogens is 4. The summed E-state index contributed by atoms with van der Waals surface area (Å²) in [4.78, 5) is 13.1. The third kappa shape index (κ3) is 5.64. The summed E-state index contributed by atoms with van der Waals surface area (Å²) in [6.45, 7) is 0. The molecule has 0 amide bonds. The van der Waals surface area contributed by atoms with Crippen molar-refractivity contribution in [1.82, 2.24) is 9.78 Å². The quantitative estimate of drug-likeness (QED) is 0.250. The van der Waals surface area contributed by atoms with Crippen LogP contribution in [0.5, 0.6) is 11.5 Å². The van der Waals surface area contributed by atoms with Gasteiger partial charge >= 0.3 is 6.18 Å². The molecule has 5 nitrogen and oxygen atoms in total. The molecule has 1 aliphatic rings. The number of anilines is 1.